The van der Waals surface area contributed by atoms with Gasteiger partial charge in [0.15, 0.2) is 5.82 Å². The molecular weight excluding hydrogens is 368 g/mol. The average molecular weight is 396 g/mol. The molecule has 1 atom stereocenters. The summed E-state index contributed by atoms with van der Waals surface area (Å²) < 4.78 is 11.0. The fraction of sp³-hybridized carbons (Fsp3) is 0.636. The number of nitrogens with zero attached hydrogens (tertiary/aromatic N) is 4. The van der Waals surface area contributed by atoms with E-state index in [9.17, 15) is 4.79 Å². The van der Waals surface area contributed by atoms with Gasteiger partial charge in [0.05, 0.1) is 5.41 Å². The first-order chi connectivity index (χ1) is 14.2. The Hall–Kier alpha value is -2.28. The highest BCUT2D eigenvalue weighted by atomic mass is 16.5. The maximum atomic E-state index is 13.2. The van der Waals surface area contributed by atoms with Crippen LogP contribution in [0.3, 0.4) is 0 Å². The molecule has 7 heteroatoms. The van der Waals surface area contributed by atoms with Gasteiger partial charge in [-0.1, -0.05) is 24.1 Å². The third kappa shape index (κ3) is 3.92. The Balaban J connectivity index is 1.40. The second-order valence-corrected chi connectivity index (χ2v) is 8.82. The highest BCUT2D eigenvalue weighted by Gasteiger charge is 2.46. The molecule has 1 saturated carbocycles. The Morgan fingerprint density at radius 1 is 1.21 bits per heavy atom. The minimum atomic E-state index is -0.212. The van der Waals surface area contributed by atoms with Gasteiger partial charge in [0.25, 0.3) is 5.89 Å². The number of piperidine rings is 1. The number of rotatable bonds is 5. The van der Waals surface area contributed by atoms with Crippen LogP contribution in [0.5, 0.6) is 0 Å². The Kier molecular flexibility index (Phi) is 5.08. The van der Waals surface area contributed by atoms with Crippen LogP contribution in [0.1, 0.15) is 50.8 Å². The van der Waals surface area contributed by atoms with Crippen LogP contribution >= 0.6 is 0 Å². The van der Waals surface area contributed by atoms with Crippen LogP contribution in [0.2, 0.25) is 0 Å². The Labute approximate surface area is 170 Å². The summed E-state index contributed by atoms with van der Waals surface area (Å²) in [5.74, 6) is 2.29. The van der Waals surface area contributed by atoms with Crippen molar-refractivity contribution in [1.82, 2.24) is 20.0 Å². The van der Waals surface area contributed by atoms with Crippen LogP contribution in [0, 0.1) is 11.8 Å². The number of carbonyl (C=O) groups excluding carboxylic acids is 1. The van der Waals surface area contributed by atoms with E-state index in [1.165, 1.54) is 12.8 Å². The molecule has 0 radical (unpaired) electrons. The maximum absolute atomic E-state index is 13.2. The van der Waals surface area contributed by atoms with Crippen LogP contribution in [-0.4, -0.2) is 52.2 Å². The smallest absolute Gasteiger partial charge is 0.276 e. The summed E-state index contributed by atoms with van der Waals surface area (Å²) in [7, 11) is 0. The molecule has 2 aliphatic heterocycles. The molecule has 1 unspecified atom stereocenters. The standard InChI is InChI=1S/C22H28N4O3/c27-20(17-7-12-28-13-8-17)26-11-3-9-22(15-26,14-16-5-6-16)21-24-19(29-25-21)18-4-1-2-10-23-18/h1-2,4,10,16-17H,3,5-9,11-15H2. The highest BCUT2D eigenvalue weighted by Crippen LogP contribution is 2.46. The third-order valence-corrected chi connectivity index (χ3v) is 6.62. The number of aromatic nitrogens is 3. The molecule has 29 heavy (non-hydrogen) atoms. The predicted octanol–water partition coefficient (Wildman–Crippen LogP) is 3.22. The van der Waals surface area contributed by atoms with Crippen molar-refractivity contribution in [3.05, 3.63) is 30.2 Å². The van der Waals surface area contributed by atoms with Gasteiger partial charge in [0.1, 0.15) is 5.69 Å². The molecule has 0 aromatic carbocycles. The molecule has 3 fully saturated rings. The first-order valence-corrected chi connectivity index (χ1v) is 10.9. The van der Waals surface area contributed by atoms with Gasteiger partial charge in [0, 0.05) is 38.4 Å². The first-order valence-electron chi connectivity index (χ1n) is 10.9. The molecule has 2 aromatic rings. The SMILES string of the molecule is O=C(C1CCOCC1)N1CCCC(CC2CC2)(c2noc(-c3ccccn3)n2)C1. The van der Waals surface area contributed by atoms with E-state index in [-0.39, 0.29) is 17.2 Å². The molecule has 0 spiro atoms. The number of carbonyl (C=O) groups is 1. The Morgan fingerprint density at radius 3 is 2.83 bits per heavy atom. The lowest BCUT2D eigenvalue weighted by molar-refractivity contribution is -0.141. The molecule has 2 saturated heterocycles. The number of pyridine rings is 1. The maximum Gasteiger partial charge on any atom is 0.276 e. The van der Waals surface area contributed by atoms with E-state index in [1.807, 2.05) is 18.2 Å². The summed E-state index contributed by atoms with van der Waals surface area (Å²) in [5.41, 5.74) is 0.482. The molecule has 2 aromatic heterocycles. The van der Waals surface area contributed by atoms with E-state index in [0.29, 0.717) is 37.3 Å². The lowest BCUT2D eigenvalue weighted by Crippen LogP contribution is -2.51. The normalized spacial score (nSPS) is 25.9. The van der Waals surface area contributed by atoms with Crippen molar-refractivity contribution in [1.29, 1.82) is 0 Å². The Morgan fingerprint density at radius 2 is 2.07 bits per heavy atom. The van der Waals surface area contributed by atoms with Crippen LogP contribution in [-0.2, 0) is 14.9 Å². The van der Waals surface area contributed by atoms with Gasteiger partial charge in [-0.25, -0.2) is 0 Å². The lowest BCUT2D eigenvalue weighted by Gasteiger charge is -2.42. The molecule has 5 rings (SSSR count). The van der Waals surface area contributed by atoms with Crippen molar-refractivity contribution in [3.8, 4) is 11.6 Å². The van der Waals surface area contributed by atoms with E-state index < -0.39 is 0 Å². The fourth-order valence-corrected chi connectivity index (χ4v) is 4.87. The van der Waals surface area contributed by atoms with Gasteiger partial charge >= 0.3 is 0 Å². The molecule has 154 valence electrons. The van der Waals surface area contributed by atoms with Crippen molar-refractivity contribution >= 4 is 5.91 Å². The van der Waals surface area contributed by atoms with Gasteiger partial charge in [0.2, 0.25) is 5.91 Å². The predicted molar refractivity (Wildman–Crippen MR) is 106 cm³/mol. The molecule has 3 aliphatic rings. The van der Waals surface area contributed by atoms with E-state index >= 15 is 0 Å². The summed E-state index contributed by atoms with van der Waals surface area (Å²) in [6.07, 6.45) is 8.94. The van der Waals surface area contributed by atoms with E-state index in [4.69, 9.17) is 14.2 Å². The summed E-state index contributed by atoms with van der Waals surface area (Å²) in [6.45, 7) is 2.90. The van der Waals surface area contributed by atoms with E-state index in [1.54, 1.807) is 6.20 Å². The van der Waals surface area contributed by atoms with Gasteiger partial charge in [-0.05, 0) is 50.2 Å². The fourth-order valence-electron chi connectivity index (χ4n) is 4.87. The third-order valence-electron chi connectivity index (χ3n) is 6.62. The topological polar surface area (TPSA) is 81.4 Å². The zero-order valence-electron chi connectivity index (χ0n) is 16.8. The van der Waals surface area contributed by atoms with Crippen molar-refractivity contribution < 1.29 is 14.1 Å². The van der Waals surface area contributed by atoms with Crippen molar-refractivity contribution in [2.75, 3.05) is 26.3 Å². The summed E-state index contributed by atoms with van der Waals surface area (Å²) in [5, 5.41) is 4.39. The number of amides is 1. The average Bonchev–Trinajstić information content (AvgIpc) is 3.44. The Bertz CT molecular complexity index is 845. The van der Waals surface area contributed by atoms with Gasteiger partial charge in [-0.3, -0.25) is 9.78 Å². The van der Waals surface area contributed by atoms with Crippen molar-refractivity contribution in [2.45, 2.75) is 50.4 Å². The van der Waals surface area contributed by atoms with Crippen molar-refractivity contribution in [3.63, 3.8) is 0 Å². The molecule has 1 aliphatic carbocycles. The van der Waals surface area contributed by atoms with Crippen molar-refractivity contribution in [2.24, 2.45) is 11.8 Å². The zero-order valence-corrected chi connectivity index (χ0v) is 16.8. The minimum absolute atomic E-state index is 0.0924. The molecular formula is C22H28N4O3. The van der Waals surface area contributed by atoms with Gasteiger partial charge in [-0.15, -0.1) is 0 Å². The molecule has 0 bridgehead atoms. The highest BCUT2D eigenvalue weighted by molar-refractivity contribution is 5.79. The quantitative estimate of drug-likeness (QED) is 0.772. The minimum Gasteiger partial charge on any atom is -0.381 e. The summed E-state index contributed by atoms with van der Waals surface area (Å²) in [6, 6.07) is 5.67. The van der Waals surface area contributed by atoms with Crippen LogP contribution in [0.25, 0.3) is 11.6 Å². The summed E-state index contributed by atoms with van der Waals surface area (Å²) in [4.78, 5) is 24.4. The largest absolute Gasteiger partial charge is 0.381 e. The monoisotopic (exact) mass is 396 g/mol. The number of hydrogen-bond acceptors (Lipinski definition) is 6. The molecule has 1 amide bonds. The van der Waals surface area contributed by atoms with Gasteiger partial charge in [-0.2, -0.15) is 4.98 Å². The van der Waals surface area contributed by atoms with Crippen LogP contribution in [0.4, 0.5) is 0 Å². The molecule has 7 nitrogen and oxygen atoms in total. The van der Waals surface area contributed by atoms with Gasteiger partial charge < -0.3 is 14.2 Å². The molecule has 0 N–H and O–H groups in total. The van der Waals surface area contributed by atoms with E-state index in [2.05, 4.69) is 15.0 Å². The second-order valence-electron chi connectivity index (χ2n) is 8.82. The second kappa shape index (κ2) is 7.86. The molecule has 4 heterocycles. The number of ether oxygens (including phenoxy) is 1. The number of likely N-dealkylation sites (tertiary alicyclic amines) is 1. The van der Waals surface area contributed by atoms with Crippen LogP contribution < -0.4 is 0 Å². The number of hydrogen-bond donors (Lipinski definition) is 0. The zero-order chi connectivity index (χ0) is 19.7. The van der Waals surface area contributed by atoms with Crippen LogP contribution in [0.15, 0.2) is 28.9 Å². The lowest BCUT2D eigenvalue weighted by atomic mass is 9.74. The first kappa shape index (κ1) is 18.7. The van der Waals surface area contributed by atoms with E-state index in [0.717, 1.165) is 44.5 Å². The summed E-state index contributed by atoms with van der Waals surface area (Å²) >= 11 is 0.